The molecule has 0 unspecified atom stereocenters. The van der Waals surface area contributed by atoms with Crippen LogP contribution in [0.25, 0.3) is 0 Å². The van der Waals surface area contributed by atoms with Crippen molar-refractivity contribution in [1.29, 1.82) is 0 Å². The molecule has 2 nitrogen and oxygen atoms in total. The van der Waals surface area contributed by atoms with E-state index in [-0.39, 0.29) is 0 Å². The van der Waals surface area contributed by atoms with Crippen molar-refractivity contribution < 1.29 is 0 Å². The van der Waals surface area contributed by atoms with Gasteiger partial charge in [-0.05, 0) is 35.4 Å². The second-order valence-corrected chi connectivity index (χ2v) is 3.48. The summed E-state index contributed by atoms with van der Waals surface area (Å²) in [5.41, 5.74) is 15.0. The lowest BCUT2D eigenvalue weighted by Gasteiger charge is -2.02. The van der Waals surface area contributed by atoms with E-state index in [1.165, 1.54) is 0 Å². The highest BCUT2D eigenvalue weighted by molar-refractivity contribution is 5.47. The van der Waals surface area contributed by atoms with Crippen LogP contribution in [0.3, 0.4) is 0 Å². The van der Waals surface area contributed by atoms with Crippen LogP contribution < -0.4 is 11.5 Å². The number of anilines is 2. The lowest BCUT2D eigenvalue weighted by molar-refractivity contribution is 1.43. The van der Waals surface area contributed by atoms with Gasteiger partial charge in [0, 0.05) is 17.8 Å². The van der Waals surface area contributed by atoms with E-state index in [2.05, 4.69) is 6.42 Å². The molecule has 2 aromatic rings. The van der Waals surface area contributed by atoms with E-state index in [1.807, 2.05) is 48.5 Å². The third kappa shape index (κ3) is 2.50. The van der Waals surface area contributed by atoms with Gasteiger partial charge in [0.2, 0.25) is 0 Å². The largest absolute Gasteiger partial charge is 0.399 e. The van der Waals surface area contributed by atoms with Crippen LogP contribution in [0.4, 0.5) is 11.4 Å². The number of rotatable bonds is 2. The first-order chi connectivity index (χ1) is 7.24. The van der Waals surface area contributed by atoms with Crippen molar-refractivity contribution >= 4 is 11.4 Å². The lowest BCUT2D eigenvalue weighted by atomic mass is 10.0. The topological polar surface area (TPSA) is 52.0 Å². The maximum atomic E-state index is 5.61. The first kappa shape index (κ1) is 9.59. The van der Waals surface area contributed by atoms with Gasteiger partial charge in [-0.25, -0.2) is 0 Å². The molecule has 2 heteroatoms. The number of benzene rings is 2. The molecule has 1 radical (unpaired) electrons. The normalized spacial score (nSPS) is 10.1. The van der Waals surface area contributed by atoms with Crippen LogP contribution in [0.15, 0.2) is 48.5 Å². The third-order valence-corrected chi connectivity index (χ3v) is 2.21. The summed E-state index contributed by atoms with van der Waals surface area (Å²) in [6.07, 6.45) is 2.08. The number of nitrogen functional groups attached to an aromatic ring is 2. The van der Waals surface area contributed by atoms with E-state index in [0.717, 1.165) is 22.5 Å². The van der Waals surface area contributed by atoms with Crippen LogP contribution >= 0.6 is 0 Å². The minimum Gasteiger partial charge on any atom is -0.399 e. The van der Waals surface area contributed by atoms with Crippen molar-refractivity contribution in [2.45, 2.75) is 0 Å². The summed E-state index contributed by atoms with van der Waals surface area (Å²) in [6.45, 7) is 0. The molecule has 75 valence electrons. The summed E-state index contributed by atoms with van der Waals surface area (Å²) in [7, 11) is 0. The summed E-state index contributed by atoms with van der Waals surface area (Å²) in [5, 5.41) is 0. The molecule has 0 aromatic heterocycles. The molecule has 4 N–H and O–H groups in total. The van der Waals surface area contributed by atoms with Gasteiger partial charge in [-0.15, -0.1) is 0 Å². The number of nitrogens with two attached hydrogens (primary N) is 2. The smallest absolute Gasteiger partial charge is 0.0314 e. The Morgan fingerprint density at radius 2 is 0.933 bits per heavy atom. The maximum absolute atomic E-state index is 5.61. The van der Waals surface area contributed by atoms with E-state index < -0.39 is 0 Å². The molecule has 0 heterocycles. The molecule has 0 aliphatic heterocycles. The minimum absolute atomic E-state index is 0.782. The molecule has 0 aliphatic carbocycles. The van der Waals surface area contributed by atoms with Crippen molar-refractivity contribution in [2.75, 3.05) is 11.5 Å². The fourth-order valence-electron chi connectivity index (χ4n) is 1.38. The Bertz CT molecular complexity index is 386. The van der Waals surface area contributed by atoms with Gasteiger partial charge in [0.05, 0.1) is 0 Å². The SMILES string of the molecule is Nc1ccc([CH]c2ccc(N)cc2)cc1. The lowest BCUT2D eigenvalue weighted by Crippen LogP contribution is -1.89. The Balaban J connectivity index is 2.15. The fraction of sp³-hybridized carbons (Fsp3) is 0. The Morgan fingerprint density at radius 1 is 0.600 bits per heavy atom. The molecule has 0 amide bonds. The molecule has 0 atom stereocenters. The van der Waals surface area contributed by atoms with Gasteiger partial charge in [0.1, 0.15) is 0 Å². The monoisotopic (exact) mass is 197 g/mol. The average Bonchev–Trinajstić information content (AvgIpc) is 2.25. The standard InChI is InChI=1S/C13H13N2/c14-12-5-1-10(2-6-12)9-11-3-7-13(15)8-4-11/h1-9H,14-15H2. The van der Waals surface area contributed by atoms with Crippen LogP contribution in [-0.4, -0.2) is 0 Å². The Labute approximate surface area is 89.5 Å². The molecule has 0 spiro atoms. The average molecular weight is 197 g/mol. The van der Waals surface area contributed by atoms with Gasteiger partial charge in [0.25, 0.3) is 0 Å². The van der Waals surface area contributed by atoms with E-state index in [9.17, 15) is 0 Å². The van der Waals surface area contributed by atoms with Crippen molar-refractivity contribution in [2.24, 2.45) is 0 Å². The molecule has 0 aliphatic rings. The van der Waals surface area contributed by atoms with Crippen molar-refractivity contribution in [3.63, 3.8) is 0 Å². The predicted octanol–water partition coefficient (Wildman–Crippen LogP) is 2.45. The molecule has 0 saturated carbocycles. The zero-order valence-electron chi connectivity index (χ0n) is 8.35. The van der Waals surface area contributed by atoms with Gasteiger partial charge < -0.3 is 11.5 Å². The summed E-state index contributed by atoms with van der Waals surface area (Å²) in [6, 6.07) is 15.5. The molecule has 0 bridgehead atoms. The molecule has 0 fully saturated rings. The quantitative estimate of drug-likeness (QED) is 0.726. The zero-order chi connectivity index (χ0) is 10.7. The van der Waals surface area contributed by atoms with Crippen molar-refractivity contribution in [3.8, 4) is 0 Å². The highest BCUT2D eigenvalue weighted by atomic mass is 14.5. The molecule has 15 heavy (non-hydrogen) atoms. The van der Waals surface area contributed by atoms with Gasteiger partial charge in [0.15, 0.2) is 0 Å². The highest BCUT2D eigenvalue weighted by Crippen LogP contribution is 2.14. The van der Waals surface area contributed by atoms with Crippen LogP contribution in [0.1, 0.15) is 11.1 Å². The Kier molecular flexibility index (Phi) is 2.59. The molecule has 0 saturated heterocycles. The Morgan fingerprint density at radius 3 is 1.27 bits per heavy atom. The number of hydrogen-bond acceptors (Lipinski definition) is 2. The number of hydrogen-bond donors (Lipinski definition) is 2. The second kappa shape index (κ2) is 4.05. The van der Waals surface area contributed by atoms with Gasteiger partial charge in [-0.2, -0.15) is 0 Å². The predicted molar refractivity (Wildman–Crippen MR) is 64.2 cm³/mol. The van der Waals surface area contributed by atoms with E-state index in [1.54, 1.807) is 0 Å². The van der Waals surface area contributed by atoms with Crippen LogP contribution in [0.5, 0.6) is 0 Å². The fourth-order valence-corrected chi connectivity index (χ4v) is 1.38. The van der Waals surface area contributed by atoms with Crippen LogP contribution in [0.2, 0.25) is 0 Å². The van der Waals surface area contributed by atoms with Crippen LogP contribution in [-0.2, 0) is 0 Å². The molecular formula is C13H13N2. The summed E-state index contributed by atoms with van der Waals surface area (Å²) in [4.78, 5) is 0. The van der Waals surface area contributed by atoms with Crippen LogP contribution in [0, 0.1) is 6.42 Å². The second-order valence-electron chi connectivity index (χ2n) is 3.48. The Hall–Kier alpha value is -1.96. The zero-order valence-corrected chi connectivity index (χ0v) is 8.35. The van der Waals surface area contributed by atoms with E-state index in [0.29, 0.717) is 0 Å². The molecule has 2 rings (SSSR count). The minimum atomic E-state index is 0.782. The third-order valence-electron chi connectivity index (χ3n) is 2.21. The molecule has 2 aromatic carbocycles. The maximum Gasteiger partial charge on any atom is 0.0314 e. The summed E-state index contributed by atoms with van der Waals surface area (Å²) in [5.74, 6) is 0. The molecular weight excluding hydrogens is 184 g/mol. The summed E-state index contributed by atoms with van der Waals surface area (Å²) < 4.78 is 0. The summed E-state index contributed by atoms with van der Waals surface area (Å²) >= 11 is 0. The van der Waals surface area contributed by atoms with E-state index in [4.69, 9.17) is 11.5 Å². The van der Waals surface area contributed by atoms with Gasteiger partial charge >= 0.3 is 0 Å². The van der Waals surface area contributed by atoms with Gasteiger partial charge in [-0.3, -0.25) is 0 Å². The van der Waals surface area contributed by atoms with Crippen molar-refractivity contribution in [3.05, 3.63) is 66.1 Å². The van der Waals surface area contributed by atoms with Crippen molar-refractivity contribution in [1.82, 2.24) is 0 Å². The first-order valence-corrected chi connectivity index (χ1v) is 4.80. The van der Waals surface area contributed by atoms with Gasteiger partial charge in [-0.1, -0.05) is 24.3 Å². The first-order valence-electron chi connectivity index (χ1n) is 4.80. The highest BCUT2D eigenvalue weighted by Gasteiger charge is 1.96. The van der Waals surface area contributed by atoms with E-state index >= 15 is 0 Å².